The number of aliphatic carboxylic acids is 1. The van der Waals surface area contributed by atoms with Crippen molar-refractivity contribution in [2.24, 2.45) is 5.73 Å². The highest BCUT2D eigenvalue weighted by molar-refractivity contribution is 5.86. The zero-order valence-electron chi connectivity index (χ0n) is 19.8. The van der Waals surface area contributed by atoms with Gasteiger partial charge in [-0.25, -0.2) is 0 Å². The third-order valence-corrected chi connectivity index (χ3v) is 5.15. The molecule has 0 saturated carbocycles. The molecular formula is C27H26F3NO5. The van der Waals surface area contributed by atoms with Gasteiger partial charge < -0.3 is 24.7 Å². The summed E-state index contributed by atoms with van der Waals surface area (Å²) in [5.74, 6) is -1.67. The molecule has 0 aliphatic rings. The van der Waals surface area contributed by atoms with Crippen LogP contribution in [0.1, 0.15) is 30.5 Å². The van der Waals surface area contributed by atoms with E-state index in [1.165, 1.54) is 12.3 Å². The van der Waals surface area contributed by atoms with Crippen LogP contribution in [-0.2, 0) is 24.4 Å². The Morgan fingerprint density at radius 1 is 1.00 bits per heavy atom. The van der Waals surface area contributed by atoms with Crippen molar-refractivity contribution in [1.29, 1.82) is 0 Å². The summed E-state index contributed by atoms with van der Waals surface area (Å²) < 4.78 is 53.1. The van der Waals surface area contributed by atoms with E-state index in [4.69, 9.17) is 20.0 Å². The number of halogens is 3. The number of furan rings is 1. The predicted molar refractivity (Wildman–Crippen MR) is 130 cm³/mol. The molecule has 0 saturated heterocycles. The Morgan fingerprint density at radius 2 is 1.75 bits per heavy atom. The molecule has 190 valence electrons. The number of fused-ring (bicyclic) bond motifs is 1. The lowest BCUT2D eigenvalue weighted by molar-refractivity contribution is -0.274. The van der Waals surface area contributed by atoms with E-state index in [0.29, 0.717) is 17.7 Å². The highest BCUT2D eigenvalue weighted by Gasteiger charge is 2.31. The molecule has 0 unspecified atom stereocenters. The van der Waals surface area contributed by atoms with Gasteiger partial charge in [0.2, 0.25) is 0 Å². The molecule has 36 heavy (non-hydrogen) atoms. The van der Waals surface area contributed by atoms with Gasteiger partial charge in [-0.1, -0.05) is 44.2 Å². The first-order chi connectivity index (χ1) is 17.2. The highest BCUT2D eigenvalue weighted by atomic mass is 19.4. The maximum absolute atomic E-state index is 12.6. The SMILES string of the molecule is CC.NCc1cccc(-c2ccc3occ(COc4cc(OC(F)(F)F)ccc4CC(=O)O)c3c2)c1. The molecule has 9 heteroatoms. The van der Waals surface area contributed by atoms with Crippen molar-refractivity contribution < 1.29 is 37.0 Å². The molecule has 0 radical (unpaired) electrons. The van der Waals surface area contributed by atoms with E-state index in [0.717, 1.165) is 34.2 Å². The minimum Gasteiger partial charge on any atom is -0.488 e. The van der Waals surface area contributed by atoms with Gasteiger partial charge in [0, 0.05) is 29.1 Å². The summed E-state index contributed by atoms with van der Waals surface area (Å²) in [5.41, 5.74) is 10.1. The average molecular weight is 502 g/mol. The monoisotopic (exact) mass is 501 g/mol. The molecule has 6 nitrogen and oxygen atoms in total. The van der Waals surface area contributed by atoms with E-state index in [1.54, 1.807) is 0 Å². The number of nitrogens with two attached hydrogens (primary N) is 1. The molecule has 0 spiro atoms. The third kappa shape index (κ3) is 6.79. The van der Waals surface area contributed by atoms with Crippen LogP contribution < -0.4 is 15.2 Å². The van der Waals surface area contributed by atoms with Crippen LogP contribution in [0.3, 0.4) is 0 Å². The molecule has 0 bridgehead atoms. The molecule has 4 rings (SSSR count). The fraction of sp³-hybridized carbons (Fsp3) is 0.222. The van der Waals surface area contributed by atoms with Crippen molar-refractivity contribution >= 4 is 16.9 Å². The molecule has 0 amide bonds. The zero-order valence-corrected chi connectivity index (χ0v) is 19.8. The summed E-state index contributed by atoms with van der Waals surface area (Å²) in [6, 6.07) is 16.8. The summed E-state index contributed by atoms with van der Waals surface area (Å²) in [5, 5.41) is 9.89. The average Bonchev–Trinajstić information content (AvgIpc) is 3.26. The van der Waals surface area contributed by atoms with Crippen LogP contribution in [0, 0.1) is 0 Å². The standard InChI is InChI=1S/C25H20F3NO5.C2H6/c26-25(27,28)34-20-6-4-18(10-24(30)31)23(11-20)33-14-19-13-32-22-7-5-17(9-21(19)22)16-3-1-2-15(8-16)12-29;1-2/h1-9,11,13H,10,12,14,29H2,(H,30,31);1-2H3. The van der Waals surface area contributed by atoms with Gasteiger partial charge in [0.25, 0.3) is 0 Å². The minimum absolute atomic E-state index is 0.0229. The van der Waals surface area contributed by atoms with E-state index < -0.39 is 24.5 Å². The lowest BCUT2D eigenvalue weighted by Gasteiger charge is -2.14. The van der Waals surface area contributed by atoms with Crippen molar-refractivity contribution in [1.82, 2.24) is 0 Å². The lowest BCUT2D eigenvalue weighted by Crippen LogP contribution is -2.17. The second-order valence-electron chi connectivity index (χ2n) is 7.55. The quantitative estimate of drug-likeness (QED) is 0.279. The topological polar surface area (TPSA) is 94.9 Å². The van der Waals surface area contributed by atoms with Gasteiger partial charge in [0.1, 0.15) is 23.7 Å². The summed E-state index contributed by atoms with van der Waals surface area (Å²) >= 11 is 0. The fourth-order valence-electron chi connectivity index (χ4n) is 3.58. The molecule has 3 N–H and O–H groups in total. The second-order valence-corrected chi connectivity index (χ2v) is 7.55. The van der Waals surface area contributed by atoms with Gasteiger partial charge in [0.05, 0.1) is 12.7 Å². The van der Waals surface area contributed by atoms with Crippen LogP contribution >= 0.6 is 0 Å². The van der Waals surface area contributed by atoms with Gasteiger partial charge in [-0.3, -0.25) is 4.79 Å². The molecule has 3 aromatic carbocycles. The summed E-state index contributed by atoms with van der Waals surface area (Å²) in [7, 11) is 0. The van der Waals surface area contributed by atoms with E-state index in [1.807, 2.05) is 56.3 Å². The molecule has 4 aromatic rings. The first-order valence-electron chi connectivity index (χ1n) is 11.2. The lowest BCUT2D eigenvalue weighted by atomic mass is 10.0. The minimum atomic E-state index is -4.88. The molecule has 0 aliphatic carbocycles. The number of carbonyl (C=O) groups is 1. The Kier molecular flexibility index (Phi) is 8.60. The Labute approximate surface area is 206 Å². The third-order valence-electron chi connectivity index (χ3n) is 5.15. The largest absolute Gasteiger partial charge is 0.573 e. The van der Waals surface area contributed by atoms with E-state index in [-0.39, 0.29) is 17.9 Å². The van der Waals surface area contributed by atoms with Gasteiger partial charge in [0.15, 0.2) is 0 Å². The number of hydrogen-bond acceptors (Lipinski definition) is 5. The molecule has 1 aromatic heterocycles. The van der Waals surface area contributed by atoms with Crippen LogP contribution in [0.4, 0.5) is 13.2 Å². The normalized spacial score (nSPS) is 11.1. The van der Waals surface area contributed by atoms with Gasteiger partial charge in [-0.05, 0) is 41.0 Å². The van der Waals surface area contributed by atoms with Gasteiger partial charge in [-0.2, -0.15) is 0 Å². The van der Waals surface area contributed by atoms with Crippen molar-refractivity contribution in [3.8, 4) is 22.6 Å². The van der Waals surface area contributed by atoms with Crippen LogP contribution in [0.25, 0.3) is 22.1 Å². The van der Waals surface area contributed by atoms with Gasteiger partial charge >= 0.3 is 12.3 Å². The van der Waals surface area contributed by atoms with Crippen molar-refractivity contribution in [2.45, 2.75) is 39.8 Å². The summed E-state index contributed by atoms with van der Waals surface area (Å²) in [6.45, 7) is 4.36. The Morgan fingerprint density at radius 3 is 2.44 bits per heavy atom. The highest BCUT2D eigenvalue weighted by Crippen LogP contribution is 2.32. The van der Waals surface area contributed by atoms with Crippen LogP contribution in [0.5, 0.6) is 11.5 Å². The van der Waals surface area contributed by atoms with Crippen LogP contribution in [0.15, 0.2) is 71.3 Å². The van der Waals surface area contributed by atoms with E-state index in [9.17, 15) is 18.0 Å². The predicted octanol–water partition coefficient (Wildman–Crippen LogP) is 6.69. The summed E-state index contributed by atoms with van der Waals surface area (Å²) in [4.78, 5) is 11.2. The van der Waals surface area contributed by atoms with Crippen molar-refractivity contribution in [2.75, 3.05) is 0 Å². The first-order valence-corrected chi connectivity index (χ1v) is 11.2. The maximum Gasteiger partial charge on any atom is 0.573 e. The zero-order chi connectivity index (χ0) is 26.3. The van der Waals surface area contributed by atoms with Crippen molar-refractivity contribution in [3.63, 3.8) is 0 Å². The Bertz CT molecular complexity index is 1330. The number of rotatable bonds is 8. The number of carboxylic acid groups (broad SMARTS) is 1. The fourth-order valence-corrected chi connectivity index (χ4v) is 3.58. The van der Waals surface area contributed by atoms with Crippen LogP contribution in [-0.4, -0.2) is 17.4 Å². The molecular weight excluding hydrogens is 475 g/mol. The second kappa shape index (κ2) is 11.6. The Hall–Kier alpha value is -3.98. The smallest absolute Gasteiger partial charge is 0.488 e. The van der Waals surface area contributed by atoms with Crippen LogP contribution in [0.2, 0.25) is 0 Å². The van der Waals surface area contributed by atoms with Crippen molar-refractivity contribution in [3.05, 3.63) is 83.6 Å². The molecule has 0 aliphatic heterocycles. The van der Waals surface area contributed by atoms with E-state index in [2.05, 4.69) is 4.74 Å². The van der Waals surface area contributed by atoms with Gasteiger partial charge in [-0.15, -0.1) is 13.2 Å². The number of ether oxygens (including phenoxy) is 2. The molecule has 0 fully saturated rings. The first kappa shape index (κ1) is 26.6. The number of carboxylic acids is 1. The Balaban J connectivity index is 0.00000176. The number of hydrogen-bond donors (Lipinski definition) is 2. The van der Waals surface area contributed by atoms with E-state index >= 15 is 0 Å². The molecule has 1 heterocycles. The number of alkyl halides is 3. The number of benzene rings is 3. The molecule has 0 atom stereocenters. The summed E-state index contributed by atoms with van der Waals surface area (Å²) in [6.07, 6.45) is -3.81. The maximum atomic E-state index is 12.6.